The number of nitrogens with one attached hydrogen (secondary N) is 1. The third kappa shape index (κ3) is 0.845. The predicted molar refractivity (Wildman–Crippen MR) is 45.0 cm³/mol. The van der Waals surface area contributed by atoms with Gasteiger partial charge < -0.3 is 10.1 Å². The minimum atomic E-state index is 0.390. The summed E-state index contributed by atoms with van der Waals surface area (Å²) in [6.07, 6.45) is 0. The lowest BCUT2D eigenvalue weighted by atomic mass is 10.2. The Morgan fingerprint density at radius 2 is 2.42 bits per heavy atom. The highest BCUT2D eigenvalue weighted by atomic mass is 16.5. The number of aryl methyl sites for hydroxylation is 1. The number of aromatic nitrogens is 2. The van der Waals surface area contributed by atoms with Crippen molar-refractivity contribution in [1.82, 2.24) is 15.1 Å². The lowest BCUT2D eigenvalue weighted by molar-refractivity contribution is 0.384. The van der Waals surface area contributed by atoms with Crippen LogP contribution in [0.25, 0.3) is 0 Å². The van der Waals surface area contributed by atoms with E-state index in [1.807, 2.05) is 11.7 Å². The van der Waals surface area contributed by atoms with Gasteiger partial charge in [-0.05, 0) is 6.92 Å². The third-order valence-corrected chi connectivity index (χ3v) is 2.35. The van der Waals surface area contributed by atoms with Gasteiger partial charge in [-0.25, -0.2) is 0 Å². The molecule has 0 saturated carbocycles. The monoisotopic (exact) mass is 167 g/mol. The van der Waals surface area contributed by atoms with Crippen LogP contribution in [0, 0.1) is 0 Å². The molecular formula is C8H13N3O. The fourth-order valence-electron chi connectivity index (χ4n) is 1.78. The Balaban J connectivity index is 2.53. The van der Waals surface area contributed by atoms with Gasteiger partial charge in [-0.1, -0.05) is 0 Å². The SMILES string of the molecule is COc1nn(C)c2c1CNC2C. The Kier molecular flexibility index (Phi) is 1.58. The van der Waals surface area contributed by atoms with Crippen molar-refractivity contribution >= 4 is 0 Å². The molecule has 1 N–H and O–H groups in total. The van der Waals surface area contributed by atoms with Crippen molar-refractivity contribution in [2.24, 2.45) is 7.05 Å². The minimum absolute atomic E-state index is 0.390. The average molecular weight is 167 g/mol. The van der Waals surface area contributed by atoms with Gasteiger partial charge in [-0.15, -0.1) is 5.10 Å². The van der Waals surface area contributed by atoms with Gasteiger partial charge in [0.2, 0.25) is 5.88 Å². The molecule has 1 atom stereocenters. The number of fused-ring (bicyclic) bond motifs is 1. The van der Waals surface area contributed by atoms with E-state index in [1.54, 1.807) is 7.11 Å². The molecule has 0 bridgehead atoms. The number of rotatable bonds is 1. The molecule has 4 heteroatoms. The summed E-state index contributed by atoms with van der Waals surface area (Å²) in [6.45, 7) is 3.00. The summed E-state index contributed by atoms with van der Waals surface area (Å²) >= 11 is 0. The Morgan fingerprint density at radius 3 is 3.08 bits per heavy atom. The molecule has 0 radical (unpaired) electrons. The van der Waals surface area contributed by atoms with E-state index in [4.69, 9.17) is 4.74 Å². The molecule has 1 unspecified atom stereocenters. The number of hydrogen-bond acceptors (Lipinski definition) is 3. The molecule has 66 valence electrons. The molecule has 1 aliphatic rings. The lowest BCUT2D eigenvalue weighted by Crippen LogP contribution is -2.12. The summed E-state index contributed by atoms with van der Waals surface area (Å²) in [7, 11) is 3.61. The van der Waals surface area contributed by atoms with E-state index in [9.17, 15) is 0 Å². The Morgan fingerprint density at radius 1 is 1.67 bits per heavy atom. The van der Waals surface area contributed by atoms with E-state index in [0.717, 1.165) is 12.4 Å². The molecular weight excluding hydrogens is 154 g/mol. The molecule has 4 nitrogen and oxygen atoms in total. The zero-order valence-electron chi connectivity index (χ0n) is 7.59. The first kappa shape index (κ1) is 7.61. The first-order valence-corrected chi connectivity index (χ1v) is 4.07. The van der Waals surface area contributed by atoms with Crippen LogP contribution < -0.4 is 10.1 Å². The van der Waals surface area contributed by atoms with Gasteiger partial charge in [-0.2, -0.15) is 0 Å². The molecule has 0 fully saturated rings. The highest BCUT2D eigenvalue weighted by Gasteiger charge is 2.26. The summed E-state index contributed by atoms with van der Waals surface area (Å²) in [5.74, 6) is 0.754. The van der Waals surface area contributed by atoms with Crippen LogP contribution in [0.4, 0.5) is 0 Å². The maximum atomic E-state index is 5.15. The van der Waals surface area contributed by atoms with Crippen molar-refractivity contribution in [3.05, 3.63) is 11.3 Å². The molecule has 1 aromatic rings. The van der Waals surface area contributed by atoms with Crippen LogP contribution in [0.2, 0.25) is 0 Å². The van der Waals surface area contributed by atoms with E-state index in [-0.39, 0.29) is 0 Å². The number of nitrogens with zero attached hydrogens (tertiary/aromatic N) is 2. The van der Waals surface area contributed by atoms with Crippen LogP contribution in [-0.2, 0) is 13.6 Å². The predicted octanol–water partition coefficient (Wildman–Crippen LogP) is 0.593. The highest BCUT2D eigenvalue weighted by molar-refractivity contribution is 5.36. The first-order chi connectivity index (χ1) is 5.74. The van der Waals surface area contributed by atoms with Crippen molar-refractivity contribution in [2.75, 3.05) is 7.11 Å². The largest absolute Gasteiger partial charge is 0.480 e. The van der Waals surface area contributed by atoms with Crippen molar-refractivity contribution in [1.29, 1.82) is 0 Å². The van der Waals surface area contributed by atoms with Gasteiger partial charge in [0.1, 0.15) is 0 Å². The van der Waals surface area contributed by atoms with Crippen molar-refractivity contribution in [3.63, 3.8) is 0 Å². The zero-order chi connectivity index (χ0) is 8.72. The van der Waals surface area contributed by atoms with Crippen LogP contribution in [0.1, 0.15) is 24.2 Å². The van der Waals surface area contributed by atoms with Crippen LogP contribution in [0.5, 0.6) is 5.88 Å². The Labute approximate surface area is 71.5 Å². The van der Waals surface area contributed by atoms with E-state index in [2.05, 4.69) is 17.3 Å². The standard InChI is InChI=1S/C8H13N3O/c1-5-7-6(4-9-5)8(12-3)10-11(7)2/h5,9H,4H2,1-3H3. The fraction of sp³-hybridized carbons (Fsp3) is 0.625. The Hall–Kier alpha value is -1.03. The second kappa shape index (κ2) is 2.48. The van der Waals surface area contributed by atoms with E-state index in [1.165, 1.54) is 11.3 Å². The highest BCUT2D eigenvalue weighted by Crippen LogP contribution is 2.30. The molecule has 12 heavy (non-hydrogen) atoms. The minimum Gasteiger partial charge on any atom is -0.480 e. The fourth-order valence-corrected chi connectivity index (χ4v) is 1.78. The van der Waals surface area contributed by atoms with Gasteiger partial charge in [0.15, 0.2) is 0 Å². The second-order valence-electron chi connectivity index (χ2n) is 3.10. The summed E-state index contributed by atoms with van der Waals surface area (Å²) in [6, 6.07) is 0.390. The normalized spacial score (nSPS) is 21.1. The number of hydrogen-bond donors (Lipinski definition) is 1. The molecule has 0 aliphatic carbocycles. The van der Waals surface area contributed by atoms with E-state index >= 15 is 0 Å². The summed E-state index contributed by atoms with van der Waals surface area (Å²) < 4.78 is 7.04. The van der Waals surface area contributed by atoms with Gasteiger partial charge in [0, 0.05) is 19.6 Å². The van der Waals surface area contributed by atoms with Crippen molar-refractivity contribution < 1.29 is 4.74 Å². The molecule has 1 aromatic heterocycles. The maximum absolute atomic E-state index is 5.15. The average Bonchev–Trinajstić information content (AvgIpc) is 2.55. The lowest BCUT2D eigenvalue weighted by Gasteiger charge is -2.04. The zero-order valence-corrected chi connectivity index (χ0v) is 7.59. The molecule has 0 spiro atoms. The summed E-state index contributed by atoms with van der Waals surface area (Å²) in [5.41, 5.74) is 2.44. The smallest absolute Gasteiger partial charge is 0.237 e. The molecule has 0 aromatic carbocycles. The maximum Gasteiger partial charge on any atom is 0.237 e. The van der Waals surface area contributed by atoms with Crippen molar-refractivity contribution in [2.45, 2.75) is 19.5 Å². The van der Waals surface area contributed by atoms with E-state index in [0.29, 0.717) is 6.04 Å². The van der Waals surface area contributed by atoms with Gasteiger partial charge in [0.05, 0.1) is 18.4 Å². The first-order valence-electron chi connectivity index (χ1n) is 4.07. The quantitative estimate of drug-likeness (QED) is 0.665. The van der Waals surface area contributed by atoms with Crippen LogP contribution in [0.3, 0.4) is 0 Å². The van der Waals surface area contributed by atoms with Gasteiger partial charge in [-0.3, -0.25) is 4.68 Å². The number of methoxy groups -OCH3 is 1. The number of ether oxygens (including phenoxy) is 1. The van der Waals surface area contributed by atoms with E-state index < -0.39 is 0 Å². The topological polar surface area (TPSA) is 39.1 Å². The molecule has 2 heterocycles. The molecule has 2 rings (SSSR count). The Bertz CT molecular complexity index is 305. The second-order valence-corrected chi connectivity index (χ2v) is 3.10. The van der Waals surface area contributed by atoms with Crippen molar-refractivity contribution in [3.8, 4) is 5.88 Å². The van der Waals surface area contributed by atoms with Crippen LogP contribution in [-0.4, -0.2) is 16.9 Å². The molecule has 0 saturated heterocycles. The van der Waals surface area contributed by atoms with Gasteiger partial charge >= 0.3 is 0 Å². The van der Waals surface area contributed by atoms with Crippen LogP contribution in [0.15, 0.2) is 0 Å². The summed E-state index contributed by atoms with van der Waals surface area (Å²) in [4.78, 5) is 0. The molecule has 1 aliphatic heterocycles. The molecule has 0 amide bonds. The third-order valence-electron chi connectivity index (χ3n) is 2.35. The van der Waals surface area contributed by atoms with Gasteiger partial charge in [0.25, 0.3) is 0 Å². The summed E-state index contributed by atoms with van der Waals surface area (Å²) in [5, 5.41) is 7.60. The van der Waals surface area contributed by atoms with Crippen LogP contribution >= 0.6 is 0 Å².